The number of hydrogen-bond acceptors (Lipinski definition) is 5. The standard InChI is InChI=1S/C13H19NO4S/c15-12-10-14(6-8-18-11-12)7-9-19(16,17)13-4-2-1-3-5-13/h1-5,12,15H,6-11H2/t12-/m1/s1. The zero-order chi connectivity index (χ0) is 13.7. The summed E-state index contributed by atoms with van der Waals surface area (Å²) in [5, 5.41) is 9.59. The lowest BCUT2D eigenvalue weighted by molar-refractivity contribution is 0.0567. The number of rotatable bonds is 4. The fourth-order valence-corrected chi connectivity index (χ4v) is 3.36. The Hall–Kier alpha value is -0.950. The molecule has 1 saturated heterocycles. The van der Waals surface area contributed by atoms with Crippen LogP contribution in [-0.2, 0) is 14.6 Å². The molecule has 0 amide bonds. The Morgan fingerprint density at radius 2 is 2.05 bits per heavy atom. The molecule has 1 aromatic carbocycles. The first kappa shape index (κ1) is 14.5. The minimum atomic E-state index is -3.25. The van der Waals surface area contributed by atoms with Crippen LogP contribution in [0, 0.1) is 0 Å². The summed E-state index contributed by atoms with van der Waals surface area (Å²) in [6, 6.07) is 8.44. The molecular weight excluding hydrogens is 266 g/mol. The molecule has 2 rings (SSSR count). The van der Waals surface area contributed by atoms with Gasteiger partial charge in [0.2, 0.25) is 0 Å². The molecule has 0 spiro atoms. The fourth-order valence-electron chi connectivity index (χ4n) is 2.05. The number of hydrogen-bond donors (Lipinski definition) is 1. The molecule has 0 radical (unpaired) electrons. The van der Waals surface area contributed by atoms with E-state index in [2.05, 4.69) is 0 Å². The van der Waals surface area contributed by atoms with Crippen molar-refractivity contribution in [3.63, 3.8) is 0 Å². The van der Waals surface area contributed by atoms with Gasteiger partial charge in [0.1, 0.15) is 0 Å². The molecule has 0 unspecified atom stereocenters. The van der Waals surface area contributed by atoms with Gasteiger partial charge in [0.25, 0.3) is 0 Å². The number of β-amino-alcohol motifs (C(OH)–C–C–N with tert-alkyl or cyclic N) is 1. The maximum Gasteiger partial charge on any atom is 0.179 e. The Bertz CT molecular complexity index is 489. The Kier molecular flexibility index (Phi) is 4.93. The van der Waals surface area contributed by atoms with E-state index < -0.39 is 15.9 Å². The second kappa shape index (κ2) is 6.47. The molecule has 106 valence electrons. The smallest absolute Gasteiger partial charge is 0.179 e. The number of nitrogens with zero attached hydrogens (tertiary/aromatic N) is 1. The molecule has 0 aromatic heterocycles. The predicted molar refractivity (Wildman–Crippen MR) is 71.8 cm³/mol. The van der Waals surface area contributed by atoms with Crippen molar-refractivity contribution in [2.24, 2.45) is 0 Å². The van der Waals surface area contributed by atoms with Crippen LogP contribution < -0.4 is 0 Å². The van der Waals surface area contributed by atoms with Crippen LogP contribution in [0.1, 0.15) is 0 Å². The fraction of sp³-hybridized carbons (Fsp3) is 0.538. The van der Waals surface area contributed by atoms with Crippen LogP contribution >= 0.6 is 0 Å². The van der Waals surface area contributed by atoms with E-state index in [0.717, 1.165) is 0 Å². The number of benzene rings is 1. The molecule has 1 aromatic rings. The van der Waals surface area contributed by atoms with Crippen molar-refractivity contribution < 1.29 is 18.3 Å². The molecule has 1 aliphatic rings. The van der Waals surface area contributed by atoms with Gasteiger partial charge < -0.3 is 9.84 Å². The Morgan fingerprint density at radius 1 is 1.32 bits per heavy atom. The van der Waals surface area contributed by atoms with Gasteiger partial charge in [-0.15, -0.1) is 0 Å². The molecule has 1 N–H and O–H groups in total. The van der Waals surface area contributed by atoms with Gasteiger partial charge in [-0.25, -0.2) is 8.42 Å². The van der Waals surface area contributed by atoms with Crippen LogP contribution in [-0.4, -0.2) is 63.1 Å². The molecule has 1 aliphatic heterocycles. The van der Waals surface area contributed by atoms with Gasteiger partial charge in [0.15, 0.2) is 9.84 Å². The number of sulfone groups is 1. The minimum absolute atomic E-state index is 0.0593. The Morgan fingerprint density at radius 3 is 2.79 bits per heavy atom. The maximum absolute atomic E-state index is 12.1. The molecule has 0 saturated carbocycles. The lowest BCUT2D eigenvalue weighted by Crippen LogP contribution is -2.36. The quantitative estimate of drug-likeness (QED) is 0.853. The van der Waals surface area contributed by atoms with E-state index in [0.29, 0.717) is 37.7 Å². The monoisotopic (exact) mass is 285 g/mol. The second-order valence-electron chi connectivity index (χ2n) is 4.66. The molecule has 5 nitrogen and oxygen atoms in total. The van der Waals surface area contributed by atoms with Gasteiger partial charge in [-0.3, -0.25) is 4.90 Å². The zero-order valence-corrected chi connectivity index (χ0v) is 11.6. The van der Waals surface area contributed by atoms with E-state index in [-0.39, 0.29) is 5.75 Å². The van der Waals surface area contributed by atoms with Crippen molar-refractivity contribution in [3.8, 4) is 0 Å². The van der Waals surface area contributed by atoms with Crippen LogP contribution in [0.2, 0.25) is 0 Å². The van der Waals surface area contributed by atoms with Crippen molar-refractivity contribution in [1.29, 1.82) is 0 Å². The molecule has 1 heterocycles. The van der Waals surface area contributed by atoms with Crippen LogP contribution in [0.15, 0.2) is 35.2 Å². The zero-order valence-electron chi connectivity index (χ0n) is 10.7. The minimum Gasteiger partial charge on any atom is -0.389 e. The summed E-state index contributed by atoms with van der Waals surface area (Å²) in [6.07, 6.45) is -0.540. The first-order valence-corrected chi connectivity index (χ1v) is 7.99. The SMILES string of the molecule is O=S(=O)(CCN1CCOC[C@H](O)C1)c1ccccc1. The topological polar surface area (TPSA) is 66.8 Å². The van der Waals surface area contributed by atoms with Crippen molar-refractivity contribution in [1.82, 2.24) is 4.90 Å². The molecule has 1 atom stereocenters. The van der Waals surface area contributed by atoms with E-state index >= 15 is 0 Å². The Balaban J connectivity index is 1.94. The van der Waals surface area contributed by atoms with Crippen molar-refractivity contribution >= 4 is 9.84 Å². The highest BCUT2D eigenvalue weighted by Gasteiger charge is 2.20. The van der Waals surface area contributed by atoms with Crippen LogP contribution in [0.4, 0.5) is 0 Å². The normalized spacial score (nSPS) is 22.1. The average Bonchev–Trinajstić information content (AvgIpc) is 2.62. The molecule has 0 aliphatic carbocycles. The van der Waals surface area contributed by atoms with Gasteiger partial charge in [0, 0.05) is 19.6 Å². The van der Waals surface area contributed by atoms with Crippen LogP contribution in [0.25, 0.3) is 0 Å². The maximum atomic E-state index is 12.1. The number of aliphatic hydroxyl groups is 1. The van der Waals surface area contributed by atoms with Crippen molar-refractivity contribution in [2.45, 2.75) is 11.0 Å². The predicted octanol–water partition coefficient (Wildman–Crippen LogP) is 0.153. The highest BCUT2D eigenvalue weighted by Crippen LogP contribution is 2.11. The summed E-state index contributed by atoms with van der Waals surface area (Å²) in [6.45, 7) is 2.38. The number of aliphatic hydroxyl groups excluding tert-OH is 1. The summed E-state index contributed by atoms with van der Waals surface area (Å²) in [4.78, 5) is 2.28. The van der Waals surface area contributed by atoms with E-state index in [1.807, 2.05) is 4.90 Å². The van der Waals surface area contributed by atoms with E-state index in [1.54, 1.807) is 30.3 Å². The number of ether oxygens (including phenoxy) is 1. The van der Waals surface area contributed by atoms with Crippen LogP contribution in [0.5, 0.6) is 0 Å². The summed E-state index contributed by atoms with van der Waals surface area (Å²) in [5.74, 6) is 0.0593. The summed E-state index contributed by atoms with van der Waals surface area (Å²) >= 11 is 0. The summed E-state index contributed by atoms with van der Waals surface area (Å²) in [7, 11) is -3.25. The van der Waals surface area contributed by atoms with Gasteiger partial charge >= 0.3 is 0 Å². The lowest BCUT2D eigenvalue weighted by Gasteiger charge is -2.20. The van der Waals surface area contributed by atoms with Crippen LogP contribution in [0.3, 0.4) is 0 Å². The molecular formula is C13H19NO4S. The second-order valence-corrected chi connectivity index (χ2v) is 6.77. The molecule has 0 bridgehead atoms. The van der Waals surface area contributed by atoms with Gasteiger partial charge in [-0.05, 0) is 12.1 Å². The highest BCUT2D eigenvalue weighted by molar-refractivity contribution is 7.91. The third-order valence-corrected chi connectivity index (χ3v) is 4.82. The largest absolute Gasteiger partial charge is 0.389 e. The first-order valence-electron chi connectivity index (χ1n) is 6.34. The van der Waals surface area contributed by atoms with Gasteiger partial charge in [0.05, 0.1) is 30.0 Å². The van der Waals surface area contributed by atoms with Gasteiger partial charge in [-0.2, -0.15) is 0 Å². The Labute approximate surface area is 113 Å². The first-order chi connectivity index (χ1) is 9.08. The third kappa shape index (κ3) is 4.28. The summed E-state index contributed by atoms with van der Waals surface area (Å²) < 4.78 is 29.5. The average molecular weight is 285 g/mol. The third-order valence-electron chi connectivity index (χ3n) is 3.11. The molecule has 19 heavy (non-hydrogen) atoms. The highest BCUT2D eigenvalue weighted by atomic mass is 32.2. The lowest BCUT2D eigenvalue weighted by atomic mass is 10.3. The summed E-state index contributed by atoms with van der Waals surface area (Å²) in [5.41, 5.74) is 0. The van der Waals surface area contributed by atoms with Crippen molar-refractivity contribution in [3.05, 3.63) is 30.3 Å². The molecule has 6 heteroatoms. The van der Waals surface area contributed by atoms with Gasteiger partial charge in [-0.1, -0.05) is 18.2 Å². The van der Waals surface area contributed by atoms with Crippen molar-refractivity contribution in [2.75, 3.05) is 38.6 Å². The van der Waals surface area contributed by atoms with E-state index in [1.165, 1.54) is 0 Å². The molecule has 1 fully saturated rings. The van der Waals surface area contributed by atoms with E-state index in [4.69, 9.17) is 4.74 Å². The van der Waals surface area contributed by atoms with E-state index in [9.17, 15) is 13.5 Å².